The van der Waals surface area contributed by atoms with E-state index >= 15 is 0 Å². The first-order chi connectivity index (χ1) is 6.65. The van der Waals surface area contributed by atoms with Gasteiger partial charge in [-0.3, -0.25) is 4.98 Å². The maximum absolute atomic E-state index is 8.67. The van der Waals surface area contributed by atoms with Gasteiger partial charge in [0, 0.05) is 22.3 Å². The van der Waals surface area contributed by atoms with Gasteiger partial charge in [0.2, 0.25) is 0 Å². The number of oxime groups is 1. The molecule has 1 N–H and O–H groups in total. The molecule has 0 aliphatic carbocycles. The standard InChI is InChI=1S/C10H13BrN2O/c1-3-9(13-14)6-10-5-8(11)4-7(2)12-10/h4-5,14H,3,6H2,1-2H3/b13-9+. The SMILES string of the molecule is CC/C(Cc1cc(Br)cc(C)n1)=N\O. The Kier molecular flexibility index (Phi) is 4.07. The van der Waals surface area contributed by atoms with Crippen molar-refractivity contribution in [1.29, 1.82) is 0 Å². The largest absolute Gasteiger partial charge is 0.411 e. The number of aromatic nitrogens is 1. The Hall–Kier alpha value is -0.900. The van der Waals surface area contributed by atoms with Gasteiger partial charge in [0.25, 0.3) is 0 Å². The molecule has 0 atom stereocenters. The van der Waals surface area contributed by atoms with Crippen molar-refractivity contribution in [3.63, 3.8) is 0 Å². The summed E-state index contributed by atoms with van der Waals surface area (Å²) in [5, 5.41) is 11.9. The van der Waals surface area contributed by atoms with Crippen LogP contribution in [0.2, 0.25) is 0 Å². The fraction of sp³-hybridized carbons (Fsp3) is 0.400. The second kappa shape index (κ2) is 5.10. The van der Waals surface area contributed by atoms with E-state index in [0.29, 0.717) is 6.42 Å². The molecule has 0 saturated carbocycles. The number of hydrogen-bond acceptors (Lipinski definition) is 3. The number of hydrogen-bond donors (Lipinski definition) is 1. The number of aryl methyl sites for hydroxylation is 1. The summed E-state index contributed by atoms with van der Waals surface area (Å²) >= 11 is 3.40. The molecule has 4 heteroatoms. The van der Waals surface area contributed by atoms with Crippen LogP contribution in [0.1, 0.15) is 24.7 Å². The van der Waals surface area contributed by atoms with Crippen molar-refractivity contribution in [3.8, 4) is 0 Å². The van der Waals surface area contributed by atoms with E-state index in [2.05, 4.69) is 26.1 Å². The molecule has 14 heavy (non-hydrogen) atoms. The van der Waals surface area contributed by atoms with Gasteiger partial charge in [-0.1, -0.05) is 28.0 Å². The van der Waals surface area contributed by atoms with Crippen molar-refractivity contribution >= 4 is 21.6 Å². The van der Waals surface area contributed by atoms with E-state index in [4.69, 9.17) is 5.21 Å². The third kappa shape index (κ3) is 3.10. The molecule has 0 amide bonds. The first-order valence-corrected chi connectivity index (χ1v) is 5.28. The number of pyridine rings is 1. The van der Waals surface area contributed by atoms with Crippen LogP contribution < -0.4 is 0 Å². The Bertz CT molecular complexity index is 330. The topological polar surface area (TPSA) is 45.5 Å². The summed E-state index contributed by atoms with van der Waals surface area (Å²) < 4.78 is 1.01. The van der Waals surface area contributed by atoms with Crippen molar-refractivity contribution in [2.75, 3.05) is 0 Å². The highest BCUT2D eigenvalue weighted by molar-refractivity contribution is 9.10. The molecule has 1 heterocycles. The van der Waals surface area contributed by atoms with E-state index in [0.717, 1.165) is 28.0 Å². The Balaban J connectivity index is 2.86. The number of rotatable bonds is 3. The van der Waals surface area contributed by atoms with Gasteiger partial charge in [-0.05, 0) is 25.5 Å². The van der Waals surface area contributed by atoms with Crippen LogP contribution in [0.3, 0.4) is 0 Å². The smallest absolute Gasteiger partial charge is 0.0627 e. The maximum atomic E-state index is 8.67. The molecule has 0 fully saturated rings. The molecule has 0 aliphatic heterocycles. The molecule has 0 spiro atoms. The van der Waals surface area contributed by atoms with Crippen molar-refractivity contribution in [1.82, 2.24) is 4.98 Å². The normalized spacial score (nSPS) is 11.8. The molecule has 76 valence electrons. The highest BCUT2D eigenvalue weighted by atomic mass is 79.9. The zero-order chi connectivity index (χ0) is 10.6. The van der Waals surface area contributed by atoms with Gasteiger partial charge in [0.15, 0.2) is 0 Å². The predicted molar refractivity (Wildman–Crippen MR) is 59.9 cm³/mol. The van der Waals surface area contributed by atoms with Crippen LogP contribution >= 0.6 is 15.9 Å². The summed E-state index contributed by atoms with van der Waals surface area (Å²) in [4.78, 5) is 4.35. The second-order valence-corrected chi connectivity index (χ2v) is 4.03. The van der Waals surface area contributed by atoms with Crippen molar-refractivity contribution < 1.29 is 5.21 Å². The molecule has 0 unspecified atom stereocenters. The third-order valence-corrected chi connectivity index (χ3v) is 2.36. The molecule has 1 rings (SSSR count). The van der Waals surface area contributed by atoms with Crippen molar-refractivity contribution in [2.24, 2.45) is 5.16 Å². The minimum Gasteiger partial charge on any atom is -0.411 e. The summed E-state index contributed by atoms with van der Waals surface area (Å²) in [6.07, 6.45) is 1.34. The fourth-order valence-corrected chi connectivity index (χ4v) is 1.82. The molecule has 0 radical (unpaired) electrons. The first kappa shape index (κ1) is 11.2. The van der Waals surface area contributed by atoms with Crippen molar-refractivity contribution in [3.05, 3.63) is 28.0 Å². The van der Waals surface area contributed by atoms with Gasteiger partial charge < -0.3 is 5.21 Å². The molecule has 0 saturated heterocycles. The van der Waals surface area contributed by atoms with Crippen LogP contribution in [0.25, 0.3) is 0 Å². The lowest BCUT2D eigenvalue weighted by atomic mass is 10.1. The summed E-state index contributed by atoms with van der Waals surface area (Å²) in [6.45, 7) is 3.90. The molecular formula is C10H13BrN2O. The van der Waals surface area contributed by atoms with Crippen LogP contribution in [0.4, 0.5) is 0 Å². The van der Waals surface area contributed by atoms with Crippen LogP contribution in [-0.2, 0) is 6.42 Å². The molecular weight excluding hydrogens is 244 g/mol. The highest BCUT2D eigenvalue weighted by Crippen LogP contribution is 2.13. The molecule has 3 nitrogen and oxygen atoms in total. The Morgan fingerprint density at radius 2 is 2.29 bits per heavy atom. The van der Waals surface area contributed by atoms with E-state index in [1.807, 2.05) is 26.0 Å². The Morgan fingerprint density at radius 3 is 2.79 bits per heavy atom. The predicted octanol–water partition coefficient (Wildman–Crippen LogP) is 2.94. The highest BCUT2D eigenvalue weighted by Gasteiger charge is 2.03. The zero-order valence-corrected chi connectivity index (χ0v) is 9.87. The molecule has 0 aromatic carbocycles. The summed E-state index contributed by atoms with van der Waals surface area (Å²) in [5.74, 6) is 0. The Morgan fingerprint density at radius 1 is 1.57 bits per heavy atom. The van der Waals surface area contributed by atoms with Gasteiger partial charge in [-0.25, -0.2) is 0 Å². The first-order valence-electron chi connectivity index (χ1n) is 4.48. The van der Waals surface area contributed by atoms with Crippen LogP contribution in [0.15, 0.2) is 21.8 Å². The lowest BCUT2D eigenvalue weighted by Crippen LogP contribution is -2.04. The average Bonchev–Trinajstić information content (AvgIpc) is 2.12. The van der Waals surface area contributed by atoms with E-state index in [9.17, 15) is 0 Å². The average molecular weight is 257 g/mol. The van der Waals surface area contributed by atoms with E-state index < -0.39 is 0 Å². The fourth-order valence-electron chi connectivity index (χ4n) is 1.22. The molecule has 1 aromatic rings. The maximum Gasteiger partial charge on any atom is 0.0627 e. The van der Waals surface area contributed by atoms with E-state index in [-0.39, 0.29) is 0 Å². The van der Waals surface area contributed by atoms with Gasteiger partial charge in [-0.15, -0.1) is 0 Å². The lowest BCUT2D eigenvalue weighted by molar-refractivity contribution is 0.316. The molecule has 0 aliphatic rings. The minimum absolute atomic E-state index is 0.604. The number of halogens is 1. The molecule has 1 aromatic heterocycles. The second-order valence-electron chi connectivity index (χ2n) is 3.11. The quantitative estimate of drug-likeness (QED) is 0.514. The monoisotopic (exact) mass is 256 g/mol. The van der Waals surface area contributed by atoms with Crippen LogP contribution in [0.5, 0.6) is 0 Å². The van der Waals surface area contributed by atoms with E-state index in [1.54, 1.807) is 0 Å². The number of nitrogens with zero attached hydrogens (tertiary/aromatic N) is 2. The van der Waals surface area contributed by atoms with Crippen molar-refractivity contribution in [2.45, 2.75) is 26.7 Å². The summed E-state index contributed by atoms with van der Waals surface area (Å²) in [7, 11) is 0. The molecule has 0 bridgehead atoms. The third-order valence-electron chi connectivity index (χ3n) is 1.91. The van der Waals surface area contributed by atoms with Crippen LogP contribution in [-0.4, -0.2) is 15.9 Å². The lowest BCUT2D eigenvalue weighted by Gasteiger charge is -2.03. The zero-order valence-electron chi connectivity index (χ0n) is 8.29. The van der Waals surface area contributed by atoms with Gasteiger partial charge in [-0.2, -0.15) is 0 Å². The van der Waals surface area contributed by atoms with Gasteiger partial charge in [0.1, 0.15) is 0 Å². The van der Waals surface area contributed by atoms with Gasteiger partial charge in [0.05, 0.1) is 5.71 Å². The van der Waals surface area contributed by atoms with Crippen LogP contribution in [0, 0.1) is 6.92 Å². The summed E-state index contributed by atoms with van der Waals surface area (Å²) in [5.41, 5.74) is 2.63. The van der Waals surface area contributed by atoms with E-state index in [1.165, 1.54) is 0 Å². The van der Waals surface area contributed by atoms with Gasteiger partial charge >= 0.3 is 0 Å². The summed E-state index contributed by atoms with van der Waals surface area (Å²) in [6, 6.07) is 3.89. The minimum atomic E-state index is 0.604. The Labute approximate surface area is 92.0 Å².